The highest BCUT2D eigenvalue weighted by Crippen LogP contribution is 2.35. The molecular formula is C43H47O5S2+. The van der Waals surface area contributed by atoms with E-state index in [2.05, 4.69) is 62.4 Å². The second kappa shape index (κ2) is 20.6. The average molecular weight is 708 g/mol. The Kier molecular flexibility index (Phi) is 15.4. The first-order valence-corrected chi connectivity index (χ1v) is 19.5. The third-order valence-corrected chi connectivity index (χ3v) is 11.1. The number of ketones is 1. The molecule has 0 bridgehead atoms. The van der Waals surface area contributed by atoms with Crippen LogP contribution in [0.15, 0.2) is 152 Å². The molecule has 0 aliphatic rings. The van der Waals surface area contributed by atoms with Gasteiger partial charge in [-0.3, -0.25) is 4.79 Å². The van der Waals surface area contributed by atoms with E-state index in [1.165, 1.54) is 14.7 Å². The van der Waals surface area contributed by atoms with Gasteiger partial charge in [0.25, 0.3) is 0 Å². The summed E-state index contributed by atoms with van der Waals surface area (Å²) in [6, 6.07) is 42.9. The fourth-order valence-corrected chi connectivity index (χ4v) is 7.95. The Bertz CT molecular complexity index is 1630. The summed E-state index contributed by atoms with van der Waals surface area (Å²) in [4.78, 5) is 18.7. The van der Waals surface area contributed by atoms with Gasteiger partial charge in [-0.05, 0) is 110 Å². The predicted molar refractivity (Wildman–Crippen MR) is 204 cm³/mol. The molecule has 0 aliphatic carbocycles. The molecule has 7 heteroatoms. The molecule has 5 nitrogen and oxygen atoms in total. The maximum absolute atomic E-state index is 12.8. The largest absolute Gasteiger partial charge is 0.491 e. The molecule has 0 amide bonds. The van der Waals surface area contributed by atoms with Crippen molar-refractivity contribution in [2.24, 2.45) is 0 Å². The van der Waals surface area contributed by atoms with Crippen LogP contribution in [-0.4, -0.2) is 45.4 Å². The predicted octanol–water partition coefficient (Wildman–Crippen LogP) is 10.6. The van der Waals surface area contributed by atoms with Gasteiger partial charge in [0.1, 0.15) is 24.7 Å². The summed E-state index contributed by atoms with van der Waals surface area (Å²) in [5.74, 6) is 1.71. The molecule has 0 atom stereocenters. The van der Waals surface area contributed by atoms with Gasteiger partial charge in [-0.25, -0.2) is 0 Å². The first kappa shape index (κ1) is 37.3. The van der Waals surface area contributed by atoms with E-state index in [0.717, 1.165) is 60.2 Å². The molecule has 0 fully saturated rings. The zero-order valence-corrected chi connectivity index (χ0v) is 30.7. The van der Waals surface area contributed by atoms with Crippen LogP contribution >= 0.6 is 11.8 Å². The Balaban J connectivity index is 1.27. The standard InChI is InChI=1S/C43H47O5S2/c1-3-5-28-45-30-32-47-36-14-22-40(23-15-36)50(41-24-16-37(17-25-41)48-33-31-46-29-6-4-2)42-26-20-39(21-27-42)49-38-18-12-35(13-19-38)43(44)34-10-8-7-9-11-34/h7-27H,3-6,28-33H2,1-2H3/q+1. The molecule has 50 heavy (non-hydrogen) atoms. The van der Waals surface area contributed by atoms with Crippen molar-refractivity contribution in [2.75, 3.05) is 39.6 Å². The van der Waals surface area contributed by atoms with Crippen molar-refractivity contribution in [3.05, 3.63) is 139 Å². The van der Waals surface area contributed by atoms with Crippen molar-refractivity contribution in [1.82, 2.24) is 0 Å². The molecule has 5 aromatic carbocycles. The van der Waals surface area contributed by atoms with Gasteiger partial charge >= 0.3 is 0 Å². The SMILES string of the molecule is CCCCOCCOc1ccc([S+](c2ccc(OCCOCCCC)cc2)c2ccc(Sc3ccc(C(=O)c4ccccc4)cc3)cc2)cc1. The summed E-state index contributed by atoms with van der Waals surface area (Å²) < 4.78 is 23.2. The summed E-state index contributed by atoms with van der Waals surface area (Å²) >= 11 is 1.69. The lowest BCUT2D eigenvalue weighted by Crippen LogP contribution is -2.08. The lowest BCUT2D eigenvalue weighted by Gasteiger charge is -2.12. The molecule has 0 unspecified atom stereocenters. The first-order valence-electron chi connectivity index (χ1n) is 17.5. The summed E-state index contributed by atoms with van der Waals surface area (Å²) in [7, 11) is -0.342. The van der Waals surface area contributed by atoms with Gasteiger partial charge < -0.3 is 18.9 Å². The van der Waals surface area contributed by atoms with Crippen molar-refractivity contribution in [3.63, 3.8) is 0 Å². The zero-order chi connectivity index (χ0) is 34.8. The van der Waals surface area contributed by atoms with Crippen LogP contribution in [0.2, 0.25) is 0 Å². The maximum Gasteiger partial charge on any atom is 0.193 e. The van der Waals surface area contributed by atoms with Crippen LogP contribution in [0.3, 0.4) is 0 Å². The number of rotatable bonds is 21. The summed E-state index contributed by atoms with van der Waals surface area (Å²) in [6.45, 7) is 8.12. The van der Waals surface area contributed by atoms with Crippen molar-refractivity contribution in [3.8, 4) is 11.5 Å². The molecule has 260 valence electrons. The molecule has 0 aromatic heterocycles. The highest BCUT2D eigenvalue weighted by molar-refractivity contribution is 7.99. The molecule has 0 radical (unpaired) electrons. The van der Waals surface area contributed by atoms with Crippen LogP contribution in [0.4, 0.5) is 0 Å². The van der Waals surface area contributed by atoms with Gasteiger partial charge in [0.15, 0.2) is 20.5 Å². The molecule has 0 saturated carbocycles. The number of carbonyl (C=O) groups excluding carboxylic acids is 1. The van der Waals surface area contributed by atoms with E-state index in [4.69, 9.17) is 18.9 Å². The van der Waals surface area contributed by atoms with E-state index in [9.17, 15) is 4.79 Å². The molecule has 0 aliphatic heterocycles. The lowest BCUT2D eigenvalue weighted by atomic mass is 10.0. The van der Waals surface area contributed by atoms with Crippen LogP contribution in [0.25, 0.3) is 0 Å². The number of hydrogen-bond donors (Lipinski definition) is 0. The Hall–Kier alpha value is -4.01. The van der Waals surface area contributed by atoms with Crippen molar-refractivity contribution in [2.45, 2.75) is 64.0 Å². The molecule has 0 saturated heterocycles. The minimum atomic E-state index is -0.342. The fourth-order valence-electron chi connectivity index (χ4n) is 5.10. The Morgan fingerprint density at radius 2 is 0.920 bits per heavy atom. The second-order valence-corrected chi connectivity index (χ2v) is 14.8. The maximum atomic E-state index is 12.8. The van der Waals surface area contributed by atoms with E-state index < -0.39 is 0 Å². The van der Waals surface area contributed by atoms with Crippen molar-refractivity contribution < 1.29 is 23.7 Å². The van der Waals surface area contributed by atoms with E-state index in [-0.39, 0.29) is 16.7 Å². The number of ether oxygens (including phenoxy) is 4. The normalized spacial score (nSPS) is 11.1. The van der Waals surface area contributed by atoms with Gasteiger partial charge in [0.05, 0.1) is 24.1 Å². The summed E-state index contributed by atoms with van der Waals surface area (Å²) in [6.07, 6.45) is 4.40. The van der Waals surface area contributed by atoms with Crippen LogP contribution in [0.5, 0.6) is 11.5 Å². The molecule has 0 N–H and O–H groups in total. The Morgan fingerprint density at radius 3 is 1.38 bits per heavy atom. The molecule has 0 spiro atoms. The van der Waals surface area contributed by atoms with Gasteiger partial charge in [0, 0.05) is 34.1 Å². The topological polar surface area (TPSA) is 54.0 Å². The Labute approximate surface area is 304 Å². The number of carbonyl (C=O) groups is 1. The lowest BCUT2D eigenvalue weighted by molar-refractivity contribution is 0.0980. The third-order valence-electron chi connectivity index (χ3n) is 7.84. The van der Waals surface area contributed by atoms with Gasteiger partial charge in [-0.2, -0.15) is 0 Å². The fraction of sp³-hybridized carbons (Fsp3) is 0.279. The second-order valence-electron chi connectivity index (χ2n) is 11.7. The number of benzene rings is 5. The first-order chi connectivity index (χ1) is 24.6. The van der Waals surface area contributed by atoms with E-state index in [1.807, 2.05) is 78.9 Å². The molecule has 5 aromatic rings. The van der Waals surface area contributed by atoms with Crippen LogP contribution in [0, 0.1) is 0 Å². The number of unbranched alkanes of at least 4 members (excludes halogenated alkanes) is 2. The van der Waals surface area contributed by atoms with Crippen LogP contribution < -0.4 is 9.47 Å². The zero-order valence-electron chi connectivity index (χ0n) is 29.1. The molecule has 5 rings (SSSR count). The number of hydrogen-bond acceptors (Lipinski definition) is 6. The van der Waals surface area contributed by atoms with E-state index in [0.29, 0.717) is 37.6 Å². The molecule has 0 heterocycles. The highest BCUT2D eigenvalue weighted by atomic mass is 32.2. The third kappa shape index (κ3) is 11.5. The van der Waals surface area contributed by atoms with Crippen LogP contribution in [0.1, 0.15) is 55.5 Å². The summed E-state index contributed by atoms with van der Waals surface area (Å²) in [5, 5.41) is 0. The van der Waals surface area contributed by atoms with Crippen molar-refractivity contribution >= 4 is 28.4 Å². The van der Waals surface area contributed by atoms with Gasteiger partial charge in [-0.1, -0.05) is 68.8 Å². The Morgan fingerprint density at radius 1 is 0.500 bits per heavy atom. The monoisotopic (exact) mass is 707 g/mol. The summed E-state index contributed by atoms with van der Waals surface area (Å²) in [5.41, 5.74) is 1.39. The van der Waals surface area contributed by atoms with Gasteiger partial charge in [-0.15, -0.1) is 0 Å². The van der Waals surface area contributed by atoms with Gasteiger partial charge in [0.2, 0.25) is 0 Å². The quantitative estimate of drug-likeness (QED) is 0.0430. The van der Waals surface area contributed by atoms with Crippen molar-refractivity contribution in [1.29, 1.82) is 0 Å². The minimum Gasteiger partial charge on any atom is -0.491 e. The minimum absolute atomic E-state index is 0.0329. The van der Waals surface area contributed by atoms with Crippen LogP contribution in [-0.2, 0) is 20.4 Å². The molecular weight excluding hydrogens is 661 g/mol. The smallest absolute Gasteiger partial charge is 0.193 e. The highest BCUT2D eigenvalue weighted by Gasteiger charge is 2.29. The average Bonchev–Trinajstić information content (AvgIpc) is 3.17. The van der Waals surface area contributed by atoms with E-state index in [1.54, 1.807) is 11.8 Å². The van der Waals surface area contributed by atoms with E-state index >= 15 is 0 Å².